The largest absolute Gasteiger partial charge is 0.409 e. The van der Waals surface area contributed by atoms with Crippen molar-refractivity contribution in [2.75, 3.05) is 32.1 Å². The van der Waals surface area contributed by atoms with Gasteiger partial charge in [-0.05, 0) is 39.1 Å². The molecule has 0 amide bonds. The first-order valence-corrected chi connectivity index (χ1v) is 6.94. The van der Waals surface area contributed by atoms with Crippen LogP contribution >= 0.6 is 0 Å². The highest BCUT2D eigenvalue weighted by Gasteiger charge is 2.32. The average Bonchev–Trinajstić information content (AvgIpc) is 2.79. The molecule has 2 unspecified atom stereocenters. The minimum atomic E-state index is 0.171. The Labute approximate surface area is 120 Å². The van der Waals surface area contributed by atoms with Crippen LogP contribution < -0.4 is 10.6 Å². The Morgan fingerprint density at radius 2 is 2.10 bits per heavy atom. The van der Waals surface area contributed by atoms with E-state index in [1.54, 1.807) is 0 Å². The third-order valence-corrected chi connectivity index (χ3v) is 4.11. The van der Waals surface area contributed by atoms with Crippen molar-refractivity contribution in [2.24, 2.45) is 16.8 Å². The summed E-state index contributed by atoms with van der Waals surface area (Å²) in [4.78, 5) is 4.59. The van der Waals surface area contributed by atoms with Crippen LogP contribution in [0, 0.1) is 12.8 Å². The molecule has 1 aliphatic heterocycles. The van der Waals surface area contributed by atoms with Gasteiger partial charge in [0.2, 0.25) is 0 Å². The van der Waals surface area contributed by atoms with E-state index in [0.29, 0.717) is 12.0 Å². The molecule has 5 heteroatoms. The highest BCUT2D eigenvalue weighted by molar-refractivity contribution is 6.02. The molecule has 0 bridgehead atoms. The Morgan fingerprint density at radius 1 is 1.40 bits per heavy atom. The number of anilines is 1. The second kappa shape index (κ2) is 5.71. The summed E-state index contributed by atoms with van der Waals surface area (Å²) in [6.45, 7) is 6.22. The molecule has 1 saturated heterocycles. The van der Waals surface area contributed by atoms with Crippen LogP contribution in [-0.2, 0) is 0 Å². The summed E-state index contributed by atoms with van der Waals surface area (Å²) in [7, 11) is 4.23. The minimum absolute atomic E-state index is 0.171. The summed E-state index contributed by atoms with van der Waals surface area (Å²) < 4.78 is 0. The van der Waals surface area contributed by atoms with Crippen LogP contribution in [0.1, 0.15) is 18.1 Å². The van der Waals surface area contributed by atoms with Gasteiger partial charge in [0.05, 0.1) is 0 Å². The Balaban J connectivity index is 2.35. The lowest BCUT2D eigenvalue weighted by molar-refractivity contribution is 0.266. The number of nitrogens with zero attached hydrogens (tertiary/aromatic N) is 3. The van der Waals surface area contributed by atoms with E-state index in [1.165, 1.54) is 0 Å². The molecular formula is C15H24N4O. The molecular weight excluding hydrogens is 252 g/mol. The molecule has 1 fully saturated rings. The van der Waals surface area contributed by atoms with Gasteiger partial charge in [0.1, 0.15) is 0 Å². The maximum Gasteiger partial charge on any atom is 0.172 e. The Kier molecular flexibility index (Phi) is 4.18. The maximum absolute atomic E-state index is 8.97. The van der Waals surface area contributed by atoms with E-state index in [-0.39, 0.29) is 5.84 Å². The van der Waals surface area contributed by atoms with E-state index < -0.39 is 0 Å². The van der Waals surface area contributed by atoms with E-state index in [9.17, 15) is 0 Å². The van der Waals surface area contributed by atoms with Gasteiger partial charge in [-0.1, -0.05) is 23.7 Å². The van der Waals surface area contributed by atoms with Gasteiger partial charge in [-0.25, -0.2) is 0 Å². The highest BCUT2D eigenvalue weighted by atomic mass is 16.4. The van der Waals surface area contributed by atoms with Crippen LogP contribution in [0.15, 0.2) is 23.4 Å². The quantitative estimate of drug-likeness (QED) is 0.380. The van der Waals surface area contributed by atoms with E-state index in [1.807, 2.05) is 13.0 Å². The van der Waals surface area contributed by atoms with Crippen molar-refractivity contribution < 1.29 is 5.21 Å². The molecule has 1 aromatic rings. The van der Waals surface area contributed by atoms with Crippen LogP contribution in [0.25, 0.3) is 0 Å². The predicted molar refractivity (Wildman–Crippen MR) is 82.5 cm³/mol. The molecule has 5 nitrogen and oxygen atoms in total. The lowest BCUT2D eigenvalue weighted by Gasteiger charge is -2.24. The Bertz CT molecular complexity index is 513. The van der Waals surface area contributed by atoms with Crippen LogP contribution in [-0.4, -0.2) is 49.2 Å². The van der Waals surface area contributed by atoms with E-state index in [0.717, 1.165) is 29.9 Å². The second-order valence-electron chi connectivity index (χ2n) is 5.92. The zero-order valence-corrected chi connectivity index (χ0v) is 12.7. The number of likely N-dealkylation sites (N-methyl/N-ethyl adjacent to an activating group) is 1. The van der Waals surface area contributed by atoms with Gasteiger partial charge >= 0.3 is 0 Å². The van der Waals surface area contributed by atoms with Crippen molar-refractivity contribution in [3.8, 4) is 0 Å². The van der Waals surface area contributed by atoms with Gasteiger partial charge in [-0.3, -0.25) is 0 Å². The molecule has 1 aliphatic rings. The number of oxime groups is 1. The molecule has 2 atom stereocenters. The molecule has 0 spiro atoms. The fraction of sp³-hybridized carbons (Fsp3) is 0.533. The van der Waals surface area contributed by atoms with Crippen molar-refractivity contribution in [1.82, 2.24) is 4.90 Å². The summed E-state index contributed by atoms with van der Waals surface area (Å²) in [6, 6.07) is 6.62. The molecule has 2 rings (SSSR count). The lowest BCUT2D eigenvalue weighted by Crippen LogP contribution is -2.34. The van der Waals surface area contributed by atoms with Gasteiger partial charge in [0, 0.05) is 30.4 Å². The Morgan fingerprint density at radius 3 is 2.65 bits per heavy atom. The Hall–Kier alpha value is -1.75. The topological polar surface area (TPSA) is 65.1 Å². The van der Waals surface area contributed by atoms with Crippen LogP contribution in [0.4, 0.5) is 5.69 Å². The van der Waals surface area contributed by atoms with Crippen molar-refractivity contribution >= 4 is 11.5 Å². The van der Waals surface area contributed by atoms with Crippen molar-refractivity contribution in [1.29, 1.82) is 0 Å². The predicted octanol–water partition coefficient (Wildman–Crippen LogP) is 1.48. The van der Waals surface area contributed by atoms with Crippen molar-refractivity contribution in [3.63, 3.8) is 0 Å². The SMILES string of the molecule is Cc1ccc(N2CC(C)C(N(C)C)C2)c(/C(N)=N/O)c1. The van der Waals surface area contributed by atoms with Crippen LogP contribution in [0.3, 0.4) is 0 Å². The number of aryl methyl sites for hydroxylation is 1. The molecule has 20 heavy (non-hydrogen) atoms. The van der Waals surface area contributed by atoms with Gasteiger partial charge in [-0.2, -0.15) is 0 Å². The number of hydrogen-bond acceptors (Lipinski definition) is 4. The zero-order chi connectivity index (χ0) is 14.9. The monoisotopic (exact) mass is 276 g/mol. The maximum atomic E-state index is 8.97. The summed E-state index contributed by atoms with van der Waals surface area (Å²) in [5.41, 5.74) is 8.78. The third-order valence-electron chi connectivity index (χ3n) is 4.11. The third kappa shape index (κ3) is 2.72. The fourth-order valence-corrected chi connectivity index (χ4v) is 3.00. The van der Waals surface area contributed by atoms with Crippen LogP contribution in [0.2, 0.25) is 0 Å². The smallest absolute Gasteiger partial charge is 0.172 e. The molecule has 0 aromatic heterocycles. The number of benzene rings is 1. The van der Waals surface area contributed by atoms with Crippen molar-refractivity contribution in [2.45, 2.75) is 19.9 Å². The summed E-state index contributed by atoms with van der Waals surface area (Å²) in [5.74, 6) is 0.760. The zero-order valence-electron chi connectivity index (χ0n) is 12.7. The lowest BCUT2D eigenvalue weighted by atomic mass is 10.1. The average molecular weight is 276 g/mol. The summed E-state index contributed by atoms with van der Waals surface area (Å²) in [5, 5.41) is 12.1. The van der Waals surface area contributed by atoms with Gasteiger partial charge in [-0.15, -0.1) is 0 Å². The van der Waals surface area contributed by atoms with Crippen molar-refractivity contribution in [3.05, 3.63) is 29.3 Å². The minimum Gasteiger partial charge on any atom is -0.409 e. The normalized spacial score (nSPS) is 23.6. The van der Waals surface area contributed by atoms with E-state index in [2.05, 4.69) is 48.1 Å². The summed E-state index contributed by atoms with van der Waals surface area (Å²) >= 11 is 0. The first kappa shape index (κ1) is 14.7. The van der Waals surface area contributed by atoms with Gasteiger partial charge in [0.15, 0.2) is 5.84 Å². The first-order valence-electron chi connectivity index (χ1n) is 6.94. The van der Waals surface area contributed by atoms with Gasteiger partial charge in [0.25, 0.3) is 0 Å². The molecule has 3 N–H and O–H groups in total. The highest BCUT2D eigenvalue weighted by Crippen LogP contribution is 2.29. The first-order chi connectivity index (χ1) is 9.43. The summed E-state index contributed by atoms with van der Waals surface area (Å²) in [6.07, 6.45) is 0. The number of rotatable bonds is 3. The van der Waals surface area contributed by atoms with Gasteiger partial charge < -0.3 is 20.7 Å². The standard InChI is InChI=1S/C15H24N4O/c1-10-5-6-13(12(7-10)15(16)17-20)19-8-11(2)14(9-19)18(3)4/h5-7,11,14,20H,8-9H2,1-4H3,(H2,16,17). The second-order valence-corrected chi connectivity index (χ2v) is 5.92. The number of nitrogens with two attached hydrogens (primary N) is 1. The number of amidine groups is 1. The molecule has 0 aliphatic carbocycles. The molecule has 1 heterocycles. The molecule has 1 aromatic carbocycles. The molecule has 0 radical (unpaired) electrons. The van der Waals surface area contributed by atoms with E-state index in [4.69, 9.17) is 10.9 Å². The molecule has 110 valence electrons. The molecule has 0 saturated carbocycles. The van der Waals surface area contributed by atoms with E-state index >= 15 is 0 Å². The number of hydrogen-bond donors (Lipinski definition) is 2. The van der Waals surface area contributed by atoms with Crippen LogP contribution in [0.5, 0.6) is 0 Å². The fourth-order valence-electron chi connectivity index (χ4n) is 3.00.